The minimum absolute atomic E-state index is 0.0815. The quantitative estimate of drug-likeness (QED) is 0.836. The van der Waals surface area contributed by atoms with E-state index in [-0.39, 0.29) is 6.61 Å². The molecule has 0 saturated heterocycles. The highest BCUT2D eigenvalue weighted by atomic mass is 16.5. The van der Waals surface area contributed by atoms with Gasteiger partial charge in [-0.3, -0.25) is 0 Å². The Morgan fingerprint density at radius 1 is 1.40 bits per heavy atom. The molecule has 2 rings (SSSR count). The molecule has 0 aliphatic rings. The summed E-state index contributed by atoms with van der Waals surface area (Å²) in [4.78, 5) is 0. The maximum Gasteiger partial charge on any atom is 0.176 e. The van der Waals surface area contributed by atoms with Crippen molar-refractivity contribution in [3.05, 3.63) is 30.0 Å². The van der Waals surface area contributed by atoms with Gasteiger partial charge in [-0.2, -0.15) is 0 Å². The molecule has 0 fully saturated rings. The van der Waals surface area contributed by atoms with Crippen molar-refractivity contribution in [1.29, 1.82) is 0 Å². The number of hydrogen-bond donors (Lipinski definition) is 1. The molecule has 3 heteroatoms. The lowest BCUT2D eigenvalue weighted by Crippen LogP contribution is -1.94. The summed E-state index contributed by atoms with van der Waals surface area (Å²) in [5.41, 5.74) is 0.718. The van der Waals surface area contributed by atoms with Crippen LogP contribution in [0.3, 0.4) is 0 Å². The van der Waals surface area contributed by atoms with E-state index in [1.165, 1.54) is 0 Å². The zero-order valence-electron chi connectivity index (χ0n) is 8.69. The maximum absolute atomic E-state index is 8.97. The predicted molar refractivity (Wildman–Crippen MR) is 57.9 cm³/mol. The maximum atomic E-state index is 8.97. The van der Waals surface area contributed by atoms with Gasteiger partial charge >= 0.3 is 0 Å². The van der Waals surface area contributed by atoms with Crippen LogP contribution in [0.15, 0.2) is 28.7 Å². The summed E-state index contributed by atoms with van der Waals surface area (Å²) in [7, 11) is 0. The van der Waals surface area contributed by atoms with Crippen LogP contribution in [0.5, 0.6) is 5.75 Å². The van der Waals surface area contributed by atoms with Crippen LogP contribution < -0.4 is 4.74 Å². The molecule has 0 spiro atoms. The third-order valence-corrected chi connectivity index (χ3v) is 2.18. The molecule has 0 unspecified atom stereocenters. The van der Waals surface area contributed by atoms with Crippen molar-refractivity contribution in [2.24, 2.45) is 0 Å². The topological polar surface area (TPSA) is 42.6 Å². The molecule has 1 heterocycles. The molecule has 1 N–H and O–H groups in total. The zero-order valence-corrected chi connectivity index (χ0v) is 8.69. The Bertz CT molecular complexity index is 445. The van der Waals surface area contributed by atoms with E-state index < -0.39 is 0 Å². The molecule has 0 aliphatic carbocycles. The van der Waals surface area contributed by atoms with Gasteiger partial charge in [-0.25, -0.2) is 0 Å². The third-order valence-electron chi connectivity index (χ3n) is 2.18. The van der Waals surface area contributed by atoms with Crippen molar-refractivity contribution >= 4 is 11.0 Å². The smallest absolute Gasteiger partial charge is 0.176 e. The van der Waals surface area contributed by atoms with E-state index in [0.717, 1.165) is 23.1 Å². The molecule has 0 saturated carbocycles. The molecule has 15 heavy (non-hydrogen) atoms. The highest BCUT2D eigenvalue weighted by Gasteiger charge is 2.07. The number of furan rings is 1. The number of aliphatic hydroxyl groups is 1. The number of aliphatic hydroxyl groups excluding tert-OH is 1. The average molecular weight is 206 g/mol. The largest absolute Gasteiger partial charge is 0.490 e. The summed E-state index contributed by atoms with van der Waals surface area (Å²) in [6, 6.07) is 7.57. The molecule has 0 bridgehead atoms. The standard InChI is InChI=1S/C12H14O3/c1-2-6-14-11-5-3-4-9-7-10(8-13)15-12(9)11/h3-5,7,13H,2,6,8H2,1H3. The van der Waals surface area contributed by atoms with Gasteiger partial charge in [0.2, 0.25) is 0 Å². The van der Waals surface area contributed by atoms with Crippen LogP contribution in [0.1, 0.15) is 19.1 Å². The molecular weight excluding hydrogens is 192 g/mol. The zero-order chi connectivity index (χ0) is 10.7. The van der Waals surface area contributed by atoms with Gasteiger partial charge in [0.25, 0.3) is 0 Å². The van der Waals surface area contributed by atoms with Crippen molar-refractivity contribution in [1.82, 2.24) is 0 Å². The minimum atomic E-state index is -0.0815. The summed E-state index contributed by atoms with van der Waals surface area (Å²) in [5, 5.41) is 9.94. The number of fused-ring (bicyclic) bond motifs is 1. The number of hydrogen-bond acceptors (Lipinski definition) is 3. The van der Waals surface area contributed by atoms with Crippen molar-refractivity contribution in [3.8, 4) is 5.75 Å². The third kappa shape index (κ3) is 1.97. The van der Waals surface area contributed by atoms with Crippen LogP contribution >= 0.6 is 0 Å². The Kier molecular flexibility index (Phi) is 2.92. The fourth-order valence-corrected chi connectivity index (χ4v) is 1.49. The summed E-state index contributed by atoms with van der Waals surface area (Å²) >= 11 is 0. The Labute approximate surface area is 88.3 Å². The number of para-hydroxylation sites is 1. The SMILES string of the molecule is CCCOc1cccc2cc(CO)oc12. The van der Waals surface area contributed by atoms with Crippen molar-refractivity contribution in [2.75, 3.05) is 6.61 Å². The van der Waals surface area contributed by atoms with Crippen LogP contribution in [0.4, 0.5) is 0 Å². The Morgan fingerprint density at radius 3 is 3.00 bits per heavy atom. The molecule has 0 atom stereocenters. The molecule has 1 aromatic heterocycles. The van der Waals surface area contributed by atoms with Gasteiger partial charge in [-0.05, 0) is 18.6 Å². The van der Waals surface area contributed by atoms with E-state index in [1.807, 2.05) is 24.3 Å². The van der Waals surface area contributed by atoms with Crippen LogP contribution in [0, 0.1) is 0 Å². The molecule has 0 aliphatic heterocycles. The van der Waals surface area contributed by atoms with E-state index in [0.29, 0.717) is 12.4 Å². The molecule has 80 valence electrons. The second-order valence-corrected chi connectivity index (χ2v) is 3.39. The van der Waals surface area contributed by atoms with E-state index in [9.17, 15) is 0 Å². The van der Waals surface area contributed by atoms with Crippen molar-refractivity contribution in [3.63, 3.8) is 0 Å². The first-order valence-electron chi connectivity index (χ1n) is 5.10. The van der Waals surface area contributed by atoms with Gasteiger partial charge < -0.3 is 14.3 Å². The van der Waals surface area contributed by atoms with Gasteiger partial charge in [0.15, 0.2) is 11.3 Å². The highest BCUT2D eigenvalue weighted by Crippen LogP contribution is 2.28. The van der Waals surface area contributed by atoms with Gasteiger partial charge in [0, 0.05) is 5.39 Å². The predicted octanol–water partition coefficient (Wildman–Crippen LogP) is 2.71. The highest BCUT2D eigenvalue weighted by molar-refractivity contribution is 5.83. The Morgan fingerprint density at radius 2 is 2.27 bits per heavy atom. The number of benzene rings is 1. The van der Waals surface area contributed by atoms with Gasteiger partial charge in [-0.15, -0.1) is 0 Å². The van der Waals surface area contributed by atoms with Crippen molar-refractivity contribution < 1.29 is 14.3 Å². The Hall–Kier alpha value is -1.48. The normalized spacial score (nSPS) is 10.8. The van der Waals surface area contributed by atoms with Crippen LogP contribution in [-0.4, -0.2) is 11.7 Å². The molecule has 0 radical (unpaired) electrons. The number of ether oxygens (including phenoxy) is 1. The van der Waals surface area contributed by atoms with Gasteiger partial charge in [0.1, 0.15) is 12.4 Å². The molecule has 2 aromatic rings. The Balaban J connectivity index is 2.40. The van der Waals surface area contributed by atoms with Gasteiger partial charge in [0.05, 0.1) is 6.61 Å². The van der Waals surface area contributed by atoms with Crippen LogP contribution in [-0.2, 0) is 6.61 Å². The van der Waals surface area contributed by atoms with Crippen molar-refractivity contribution in [2.45, 2.75) is 20.0 Å². The van der Waals surface area contributed by atoms with E-state index in [1.54, 1.807) is 0 Å². The van der Waals surface area contributed by atoms with Crippen LogP contribution in [0.25, 0.3) is 11.0 Å². The molecule has 0 amide bonds. The van der Waals surface area contributed by atoms with Gasteiger partial charge in [-0.1, -0.05) is 19.1 Å². The van der Waals surface area contributed by atoms with E-state index in [2.05, 4.69) is 6.92 Å². The summed E-state index contributed by atoms with van der Waals surface area (Å²) < 4.78 is 11.0. The molecule has 3 nitrogen and oxygen atoms in total. The monoisotopic (exact) mass is 206 g/mol. The van der Waals surface area contributed by atoms with E-state index >= 15 is 0 Å². The fourth-order valence-electron chi connectivity index (χ4n) is 1.49. The summed E-state index contributed by atoms with van der Waals surface area (Å²) in [6.07, 6.45) is 0.962. The van der Waals surface area contributed by atoms with E-state index in [4.69, 9.17) is 14.3 Å². The summed E-state index contributed by atoms with van der Waals surface area (Å²) in [5.74, 6) is 1.31. The number of rotatable bonds is 4. The lowest BCUT2D eigenvalue weighted by Gasteiger charge is -2.03. The second-order valence-electron chi connectivity index (χ2n) is 3.39. The molecular formula is C12H14O3. The fraction of sp³-hybridized carbons (Fsp3) is 0.333. The lowest BCUT2D eigenvalue weighted by molar-refractivity contribution is 0.249. The van der Waals surface area contributed by atoms with Crippen LogP contribution in [0.2, 0.25) is 0 Å². The molecule has 1 aromatic carbocycles. The average Bonchev–Trinajstić information content (AvgIpc) is 2.69. The summed E-state index contributed by atoms with van der Waals surface area (Å²) in [6.45, 7) is 2.65. The lowest BCUT2D eigenvalue weighted by atomic mass is 10.2. The second kappa shape index (κ2) is 4.36. The first kappa shape index (κ1) is 10.1. The first-order valence-corrected chi connectivity index (χ1v) is 5.10. The first-order chi connectivity index (χ1) is 7.35. The minimum Gasteiger partial charge on any atom is -0.490 e.